The molecule has 0 saturated heterocycles. The number of thioether (sulfide) groups is 1. The van der Waals surface area contributed by atoms with Crippen molar-refractivity contribution in [3.63, 3.8) is 0 Å². The van der Waals surface area contributed by atoms with Gasteiger partial charge in [0.25, 0.3) is 0 Å². The number of hydrogen-bond acceptors (Lipinski definition) is 5. The molecule has 2 N–H and O–H groups in total. The van der Waals surface area contributed by atoms with Crippen molar-refractivity contribution in [2.75, 3.05) is 11.5 Å². The molecule has 0 saturated carbocycles. The summed E-state index contributed by atoms with van der Waals surface area (Å²) in [7, 11) is 0. The van der Waals surface area contributed by atoms with Gasteiger partial charge < -0.3 is 5.73 Å². The molecule has 0 unspecified atom stereocenters. The van der Waals surface area contributed by atoms with Crippen molar-refractivity contribution in [2.24, 2.45) is 0 Å². The molecule has 0 spiro atoms. The van der Waals surface area contributed by atoms with E-state index in [1.807, 2.05) is 0 Å². The predicted octanol–water partition coefficient (Wildman–Crippen LogP) is 2.37. The molecule has 4 nitrogen and oxygen atoms in total. The van der Waals surface area contributed by atoms with Crippen LogP contribution in [0.1, 0.15) is 18.2 Å². The fourth-order valence-electron chi connectivity index (χ4n) is 1.09. The van der Waals surface area contributed by atoms with Crippen LogP contribution in [0.4, 0.5) is 19.1 Å². The van der Waals surface area contributed by atoms with Gasteiger partial charge in [-0.15, -0.1) is 0 Å². The van der Waals surface area contributed by atoms with Crippen molar-refractivity contribution >= 4 is 28.9 Å². The first-order chi connectivity index (χ1) is 8.30. The number of carbonyl (C=O) groups is 1. The topological polar surface area (TPSA) is 68.9 Å². The molecule has 0 atom stereocenters. The number of anilines is 1. The SMILES string of the molecule is CC(=O)SCC=Cc1cnc(N)nc1C(F)(F)F. The maximum atomic E-state index is 12.6. The zero-order valence-corrected chi connectivity index (χ0v) is 10.2. The molecule has 1 aromatic heterocycles. The third-order valence-electron chi connectivity index (χ3n) is 1.78. The smallest absolute Gasteiger partial charge is 0.368 e. The lowest BCUT2D eigenvalue weighted by molar-refractivity contribution is -0.141. The van der Waals surface area contributed by atoms with Gasteiger partial charge in [-0.25, -0.2) is 9.97 Å². The second kappa shape index (κ2) is 5.85. The van der Waals surface area contributed by atoms with Crippen LogP contribution in [-0.4, -0.2) is 20.8 Å². The lowest BCUT2D eigenvalue weighted by atomic mass is 10.2. The summed E-state index contributed by atoms with van der Waals surface area (Å²) in [5.74, 6) is -0.144. The molecule has 98 valence electrons. The number of carbonyl (C=O) groups excluding carboxylic acids is 1. The minimum Gasteiger partial charge on any atom is -0.368 e. The van der Waals surface area contributed by atoms with Gasteiger partial charge in [0.2, 0.25) is 5.95 Å². The third kappa shape index (κ3) is 4.36. The van der Waals surface area contributed by atoms with Crippen LogP contribution < -0.4 is 5.73 Å². The van der Waals surface area contributed by atoms with E-state index >= 15 is 0 Å². The van der Waals surface area contributed by atoms with Crippen LogP contribution in [0, 0.1) is 0 Å². The highest BCUT2D eigenvalue weighted by atomic mass is 32.2. The highest BCUT2D eigenvalue weighted by molar-refractivity contribution is 8.13. The van der Waals surface area contributed by atoms with Crippen molar-refractivity contribution in [1.82, 2.24) is 9.97 Å². The number of nitrogen functional groups attached to an aromatic ring is 1. The highest BCUT2D eigenvalue weighted by Crippen LogP contribution is 2.31. The first kappa shape index (κ1) is 14.5. The molecule has 0 fully saturated rings. The van der Waals surface area contributed by atoms with Crippen LogP contribution in [0.15, 0.2) is 12.3 Å². The second-order valence-electron chi connectivity index (χ2n) is 3.23. The van der Waals surface area contributed by atoms with Gasteiger partial charge in [0, 0.05) is 24.4 Å². The van der Waals surface area contributed by atoms with Crippen LogP contribution in [0.2, 0.25) is 0 Å². The average molecular weight is 277 g/mol. The minimum absolute atomic E-state index is 0.107. The molecule has 0 aliphatic rings. The number of nitrogens with zero attached hydrogens (tertiary/aromatic N) is 2. The van der Waals surface area contributed by atoms with Crippen molar-refractivity contribution in [3.05, 3.63) is 23.5 Å². The summed E-state index contributed by atoms with van der Waals surface area (Å²) in [5, 5.41) is -0.107. The Morgan fingerprint density at radius 2 is 2.22 bits per heavy atom. The van der Waals surface area contributed by atoms with E-state index in [4.69, 9.17) is 5.73 Å². The summed E-state index contributed by atoms with van der Waals surface area (Å²) in [6, 6.07) is 0. The van der Waals surface area contributed by atoms with E-state index < -0.39 is 17.8 Å². The Bertz CT molecular complexity index is 474. The molecule has 1 heterocycles. The van der Waals surface area contributed by atoms with Crippen molar-refractivity contribution in [3.8, 4) is 0 Å². The van der Waals surface area contributed by atoms with Gasteiger partial charge in [-0.3, -0.25) is 4.79 Å². The van der Waals surface area contributed by atoms with Gasteiger partial charge in [-0.1, -0.05) is 23.9 Å². The van der Waals surface area contributed by atoms with Crippen LogP contribution in [0.3, 0.4) is 0 Å². The van der Waals surface area contributed by atoms with E-state index in [9.17, 15) is 18.0 Å². The summed E-state index contributed by atoms with van der Waals surface area (Å²) in [6.45, 7) is 1.38. The Morgan fingerprint density at radius 3 is 2.78 bits per heavy atom. The van der Waals surface area contributed by atoms with E-state index in [-0.39, 0.29) is 16.4 Å². The summed E-state index contributed by atoms with van der Waals surface area (Å²) in [5.41, 5.74) is 3.86. The van der Waals surface area contributed by atoms with Gasteiger partial charge in [0.15, 0.2) is 10.8 Å². The maximum absolute atomic E-state index is 12.6. The van der Waals surface area contributed by atoms with Gasteiger partial charge >= 0.3 is 6.18 Å². The van der Waals surface area contributed by atoms with Gasteiger partial charge in [0.1, 0.15) is 0 Å². The Labute approximate surface area is 105 Å². The Balaban J connectivity index is 2.92. The number of alkyl halides is 3. The molecule has 1 rings (SSSR count). The molecule has 0 amide bonds. The molecule has 0 radical (unpaired) electrons. The molecule has 18 heavy (non-hydrogen) atoms. The van der Waals surface area contributed by atoms with Gasteiger partial charge in [-0.2, -0.15) is 13.2 Å². The number of hydrogen-bond donors (Lipinski definition) is 1. The summed E-state index contributed by atoms with van der Waals surface area (Å²) in [6.07, 6.45) is -0.932. The van der Waals surface area contributed by atoms with Crippen LogP contribution in [0.25, 0.3) is 6.08 Å². The number of aromatic nitrogens is 2. The van der Waals surface area contributed by atoms with E-state index in [1.54, 1.807) is 0 Å². The summed E-state index contributed by atoms with van der Waals surface area (Å²) >= 11 is 0.995. The van der Waals surface area contributed by atoms with Crippen molar-refractivity contribution < 1.29 is 18.0 Å². The Kier molecular flexibility index (Phi) is 4.71. The lowest BCUT2D eigenvalue weighted by Crippen LogP contribution is -2.12. The summed E-state index contributed by atoms with van der Waals surface area (Å²) < 4.78 is 37.9. The van der Waals surface area contributed by atoms with E-state index in [0.717, 1.165) is 18.0 Å². The quantitative estimate of drug-likeness (QED) is 0.918. The van der Waals surface area contributed by atoms with Crippen LogP contribution in [-0.2, 0) is 11.0 Å². The largest absolute Gasteiger partial charge is 0.434 e. The lowest BCUT2D eigenvalue weighted by Gasteiger charge is -2.08. The first-order valence-corrected chi connectivity index (χ1v) is 5.79. The zero-order valence-electron chi connectivity index (χ0n) is 9.36. The molecular weight excluding hydrogens is 267 g/mol. The molecule has 0 aliphatic carbocycles. The van der Waals surface area contributed by atoms with Crippen LogP contribution in [0.5, 0.6) is 0 Å². The van der Waals surface area contributed by atoms with Crippen LogP contribution >= 0.6 is 11.8 Å². The highest BCUT2D eigenvalue weighted by Gasteiger charge is 2.35. The molecule has 0 aliphatic heterocycles. The fourth-order valence-corrected chi connectivity index (χ4v) is 1.52. The van der Waals surface area contributed by atoms with E-state index in [1.165, 1.54) is 19.1 Å². The normalized spacial score (nSPS) is 12.0. The number of rotatable bonds is 3. The average Bonchev–Trinajstić information content (AvgIpc) is 2.24. The van der Waals surface area contributed by atoms with E-state index in [2.05, 4.69) is 9.97 Å². The molecule has 1 aromatic rings. The van der Waals surface area contributed by atoms with Crippen molar-refractivity contribution in [1.29, 1.82) is 0 Å². The molecule has 0 aromatic carbocycles. The molecular formula is C10H10F3N3OS. The monoisotopic (exact) mass is 277 g/mol. The van der Waals surface area contributed by atoms with Crippen molar-refractivity contribution in [2.45, 2.75) is 13.1 Å². The Hall–Kier alpha value is -1.57. The number of halogens is 3. The predicted molar refractivity (Wildman–Crippen MR) is 63.6 cm³/mol. The van der Waals surface area contributed by atoms with Gasteiger partial charge in [-0.05, 0) is 0 Å². The number of nitrogens with two attached hydrogens (primary N) is 1. The summed E-state index contributed by atoms with van der Waals surface area (Å²) in [4.78, 5) is 17.3. The first-order valence-electron chi connectivity index (χ1n) is 4.80. The zero-order chi connectivity index (χ0) is 13.8. The fraction of sp³-hybridized carbons (Fsp3) is 0.300. The standard InChI is InChI=1S/C10H10F3N3OS/c1-6(17)18-4-2-3-7-5-15-9(14)16-8(7)10(11,12)13/h2-3,5H,4H2,1H3,(H2,14,15,16). The maximum Gasteiger partial charge on any atom is 0.434 e. The van der Waals surface area contributed by atoms with Gasteiger partial charge in [0.05, 0.1) is 0 Å². The minimum atomic E-state index is -4.59. The Morgan fingerprint density at radius 1 is 1.56 bits per heavy atom. The molecule has 8 heteroatoms. The second-order valence-corrected chi connectivity index (χ2v) is 4.43. The van der Waals surface area contributed by atoms with E-state index in [0.29, 0.717) is 0 Å². The third-order valence-corrected chi connectivity index (χ3v) is 2.55. The molecule has 0 bridgehead atoms.